The molecule has 2 aliphatic rings. The van der Waals surface area contributed by atoms with Crippen LogP contribution in [0.15, 0.2) is 36.4 Å². The van der Waals surface area contributed by atoms with Crippen LogP contribution in [0.1, 0.15) is 44.3 Å². The van der Waals surface area contributed by atoms with Crippen molar-refractivity contribution >= 4 is 5.65 Å². The van der Waals surface area contributed by atoms with E-state index >= 15 is 0 Å². The van der Waals surface area contributed by atoms with Gasteiger partial charge in [-0.2, -0.15) is 9.61 Å². The molecule has 5 rings (SSSR count). The zero-order chi connectivity index (χ0) is 18.9. The summed E-state index contributed by atoms with van der Waals surface area (Å²) in [5.74, 6) is 1.74. The Morgan fingerprint density at radius 3 is 2.39 bits per heavy atom. The lowest BCUT2D eigenvalue weighted by molar-refractivity contribution is 0.0768. The summed E-state index contributed by atoms with van der Waals surface area (Å²) >= 11 is 0. The largest absolute Gasteiger partial charge is 0.490 e. The summed E-state index contributed by atoms with van der Waals surface area (Å²) in [4.78, 5) is 2.69. The maximum atomic E-state index is 6.26. The Hall–Kier alpha value is -2.47. The van der Waals surface area contributed by atoms with E-state index in [-0.39, 0.29) is 0 Å². The van der Waals surface area contributed by atoms with E-state index in [4.69, 9.17) is 4.74 Å². The second kappa shape index (κ2) is 7.51. The van der Waals surface area contributed by atoms with E-state index in [0.29, 0.717) is 6.10 Å². The summed E-state index contributed by atoms with van der Waals surface area (Å²) in [7, 11) is 0. The Balaban J connectivity index is 1.22. The highest BCUT2D eigenvalue weighted by Crippen LogP contribution is 2.28. The van der Waals surface area contributed by atoms with Gasteiger partial charge in [-0.1, -0.05) is 12.8 Å². The van der Waals surface area contributed by atoms with Gasteiger partial charge in [-0.3, -0.25) is 0 Å². The van der Waals surface area contributed by atoms with Crippen LogP contribution in [0.25, 0.3) is 16.9 Å². The average molecular weight is 377 g/mol. The Labute approximate surface area is 165 Å². The second-order valence-electron chi connectivity index (χ2n) is 8.05. The van der Waals surface area contributed by atoms with E-state index in [1.807, 2.05) is 19.1 Å². The highest BCUT2D eigenvalue weighted by molar-refractivity contribution is 5.61. The van der Waals surface area contributed by atoms with Crippen molar-refractivity contribution in [1.82, 2.24) is 24.7 Å². The Morgan fingerprint density at radius 1 is 0.893 bits per heavy atom. The van der Waals surface area contributed by atoms with Crippen LogP contribution < -0.4 is 4.74 Å². The minimum absolute atomic E-state index is 0.331. The lowest BCUT2D eigenvalue weighted by Gasteiger charge is -2.36. The minimum Gasteiger partial charge on any atom is -0.490 e. The molecule has 0 unspecified atom stereocenters. The first-order valence-electron chi connectivity index (χ1n) is 10.5. The molecule has 2 fully saturated rings. The molecule has 2 aromatic heterocycles. The number of nitrogens with zero attached hydrogens (tertiary/aromatic N) is 5. The molecule has 1 aromatic carbocycles. The number of aryl methyl sites for hydroxylation is 1. The summed E-state index contributed by atoms with van der Waals surface area (Å²) in [6.07, 6.45) is 8.19. The van der Waals surface area contributed by atoms with E-state index in [2.05, 4.69) is 44.5 Å². The van der Waals surface area contributed by atoms with Crippen LogP contribution in [0, 0.1) is 6.92 Å². The Bertz CT molecular complexity index is 937. The van der Waals surface area contributed by atoms with Crippen molar-refractivity contribution in [3.8, 4) is 17.0 Å². The van der Waals surface area contributed by atoms with Gasteiger partial charge in [-0.15, -0.1) is 10.2 Å². The second-order valence-corrected chi connectivity index (χ2v) is 8.05. The molecule has 1 saturated carbocycles. The molecular weight excluding hydrogens is 350 g/mol. The normalized spacial score (nSPS) is 19.5. The predicted octanol–water partition coefficient (Wildman–Crippen LogP) is 3.89. The van der Waals surface area contributed by atoms with Gasteiger partial charge in [0.05, 0.1) is 5.69 Å². The van der Waals surface area contributed by atoms with E-state index in [1.165, 1.54) is 38.8 Å². The molecule has 0 N–H and O–H groups in total. The number of hydrogen-bond donors (Lipinski definition) is 0. The van der Waals surface area contributed by atoms with Crippen LogP contribution in [-0.4, -0.2) is 49.9 Å². The fraction of sp³-hybridized carbons (Fsp3) is 0.500. The molecule has 0 bridgehead atoms. The van der Waals surface area contributed by atoms with Gasteiger partial charge in [-0.05, 0) is 69.0 Å². The minimum atomic E-state index is 0.331. The quantitative estimate of drug-likeness (QED) is 0.690. The SMILES string of the molecule is Cc1nnc2ccc(-c3ccc(OC4CCN(C5CCCC5)CC4)cc3)nn12. The van der Waals surface area contributed by atoms with Crippen molar-refractivity contribution in [3.63, 3.8) is 0 Å². The lowest BCUT2D eigenvalue weighted by Crippen LogP contribution is -2.43. The average Bonchev–Trinajstić information content (AvgIpc) is 3.40. The number of likely N-dealkylation sites (tertiary alicyclic amines) is 1. The number of piperidine rings is 1. The molecule has 1 aliphatic carbocycles. The third-order valence-electron chi connectivity index (χ3n) is 6.19. The highest BCUT2D eigenvalue weighted by atomic mass is 16.5. The molecule has 0 spiro atoms. The zero-order valence-corrected chi connectivity index (χ0v) is 16.4. The monoisotopic (exact) mass is 377 g/mol. The third-order valence-corrected chi connectivity index (χ3v) is 6.19. The number of benzene rings is 1. The molecular formula is C22H27N5O. The molecule has 0 radical (unpaired) electrons. The van der Waals surface area contributed by atoms with Gasteiger partial charge < -0.3 is 9.64 Å². The fourth-order valence-corrected chi connectivity index (χ4v) is 4.58. The molecule has 28 heavy (non-hydrogen) atoms. The van der Waals surface area contributed by atoms with E-state index < -0.39 is 0 Å². The van der Waals surface area contributed by atoms with Gasteiger partial charge in [0.1, 0.15) is 11.9 Å². The molecule has 6 heteroatoms. The highest BCUT2D eigenvalue weighted by Gasteiger charge is 2.27. The lowest BCUT2D eigenvalue weighted by atomic mass is 10.0. The van der Waals surface area contributed by atoms with Crippen LogP contribution in [0.2, 0.25) is 0 Å². The van der Waals surface area contributed by atoms with Crippen LogP contribution in [0.5, 0.6) is 5.75 Å². The van der Waals surface area contributed by atoms with E-state index in [0.717, 1.165) is 47.4 Å². The molecule has 3 aromatic rings. The van der Waals surface area contributed by atoms with Gasteiger partial charge in [0.2, 0.25) is 0 Å². The molecule has 6 nitrogen and oxygen atoms in total. The van der Waals surface area contributed by atoms with Crippen molar-refractivity contribution in [1.29, 1.82) is 0 Å². The van der Waals surface area contributed by atoms with Crippen molar-refractivity contribution in [2.45, 2.75) is 57.6 Å². The maximum absolute atomic E-state index is 6.26. The molecule has 0 amide bonds. The van der Waals surface area contributed by atoms with Crippen molar-refractivity contribution in [3.05, 3.63) is 42.2 Å². The van der Waals surface area contributed by atoms with Crippen LogP contribution in [-0.2, 0) is 0 Å². The topological polar surface area (TPSA) is 55.6 Å². The molecule has 146 valence electrons. The first-order valence-corrected chi connectivity index (χ1v) is 10.5. The summed E-state index contributed by atoms with van der Waals surface area (Å²) in [5.41, 5.74) is 2.75. The molecule has 3 heterocycles. The molecule has 0 atom stereocenters. The van der Waals surface area contributed by atoms with E-state index in [1.54, 1.807) is 4.52 Å². The first kappa shape index (κ1) is 17.6. The molecule has 1 saturated heterocycles. The Kier molecular flexibility index (Phi) is 4.72. The summed E-state index contributed by atoms with van der Waals surface area (Å²) in [6.45, 7) is 4.26. The van der Waals surface area contributed by atoms with Gasteiger partial charge >= 0.3 is 0 Å². The Morgan fingerprint density at radius 2 is 1.64 bits per heavy atom. The first-order chi connectivity index (χ1) is 13.8. The van der Waals surface area contributed by atoms with E-state index in [9.17, 15) is 0 Å². The van der Waals surface area contributed by atoms with Crippen molar-refractivity contribution in [2.75, 3.05) is 13.1 Å². The maximum Gasteiger partial charge on any atom is 0.177 e. The summed E-state index contributed by atoms with van der Waals surface area (Å²) < 4.78 is 8.04. The van der Waals surface area contributed by atoms with Gasteiger partial charge in [-0.25, -0.2) is 0 Å². The van der Waals surface area contributed by atoms with Gasteiger partial charge in [0, 0.05) is 24.7 Å². The summed E-state index contributed by atoms with van der Waals surface area (Å²) in [6, 6.07) is 13.0. The van der Waals surface area contributed by atoms with Crippen LogP contribution in [0.3, 0.4) is 0 Å². The number of aromatic nitrogens is 4. The van der Waals surface area contributed by atoms with Gasteiger partial charge in [0.15, 0.2) is 11.5 Å². The standard InChI is InChI=1S/C22H27N5O/c1-16-23-24-22-11-10-21(25-27(16)22)17-6-8-19(9-7-17)28-20-12-14-26(15-13-20)18-4-2-3-5-18/h6-11,18,20H,2-5,12-15H2,1H3. The number of rotatable bonds is 4. The van der Waals surface area contributed by atoms with Crippen LogP contribution >= 0.6 is 0 Å². The number of ether oxygens (including phenoxy) is 1. The predicted molar refractivity (Wildman–Crippen MR) is 108 cm³/mol. The third kappa shape index (κ3) is 3.49. The molecule has 1 aliphatic heterocycles. The smallest absolute Gasteiger partial charge is 0.177 e. The zero-order valence-electron chi connectivity index (χ0n) is 16.4. The van der Waals surface area contributed by atoms with Crippen molar-refractivity contribution < 1.29 is 4.74 Å². The fourth-order valence-electron chi connectivity index (χ4n) is 4.58. The number of fused-ring (bicyclic) bond motifs is 1. The van der Waals surface area contributed by atoms with Gasteiger partial charge in [0.25, 0.3) is 0 Å². The summed E-state index contributed by atoms with van der Waals surface area (Å²) in [5, 5.41) is 12.8. The van der Waals surface area contributed by atoms with Crippen molar-refractivity contribution in [2.24, 2.45) is 0 Å². The van der Waals surface area contributed by atoms with Crippen LogP contribution in [0.4, 0.5) is 0 Å². The number of hydrogen-bond acceptors (Lipinski definition) is 5.